The summed E-state index contributed by atoms with van der Waals surface area (Å²) in [7, 11) is 1.86. The lowest BCUT2D eigenvalue weighted by Crippen LogP contribution is -2.15. The molecule has 2 aromatic carbocycles. The van der Waals surface area contributed by atoms with E-state index in [1.54, 1.807) is 0 Å². The lowest BCUT2D eigenvalue weighted by molar-refractivity contribution is -0.113. The molecule has 1 aromatic heterocycles. The Kier molecular flexibility index (Phi) is 5.90. The van der Waals surface area contributed by atoms with E-state index >= 15 is 0 Å². The molecule has 0 saturated carbocycles. The molecule has 5 nitrogen and oxygen atoms in total. The largest absolute Gasteiger partial charge is 0.323 e. The first-order valence-electron chi connectivity index (χ1n) is 7.83. The molecule has 1 amide bonds. The highest BCUT2D eigenvalue weighted by atomic mass is 35.5. The molecule has 0 radical (unpaired) electrons. The first-order valence-corrected chi connectivity index (χ1v) is 9.19. The van der Waals surface area contributed by atoms with Gasteiger partial charge in [0.15, 0.2) is 5.16 Å². The van der Waals surface area contributed by atoms with Crippen molar-refractivity contribution >= 4 is 35.0 Å². The van der Waals surface area contributed by atoms with Crippen molar-refractivity contribution in [2.24, 2.45) is 7.05 Å². The van der Waals surface area contributed by atoms with Crippen LogP contribution in [0.3, 0.4) is 0 Å². The maximum atomic E-state index is 13.7. The van der Waals surface area contributed by atoms with Gasteiger partial charge in [-0.25, -0.2) is 4.39 Å². The van der Waals surface area contributed by atoms with Crippen molar-refractivity contribution in [3.8, 4) is 0 Å². The Balaban J connectivity index is 1.59. The molecule has 0 spiro atoms. The second kappa shape index (κ2) is 8.33. The molecular weight excluding hydrogens is 375 g/mol. The number of halogens is 2. The van der Waals surface area contributed by atoms with Crippen LogP contribution in [0.1, 0.15) is 11.4 Å². The zero-order chi connectivity index (χ0) is 18.5. The van der Waals surface area contributed by atoms with Gasteiger partial charge >= 0.3 is 0 Å². The average Bonchev–Trinajstić information content (AvgIpc) is 2.97. The monoisotopic (exact) mass is 390 g/mol. The van der Waals surface area contributed by atoms with Gasteiger partial charge in [0.25, 0.3) is 0 Å². The predicted octanol–water partition coefficient (Wildman–Crippen LogP) is 3.93. The third-order valence-electron chi connectivity index (χ3n) is 3.67. The van der Waals surface area contributed by atoms with Gasteiger partial charge in [-0.3, -0.25) is 4.79 Å². The third kappa shape index (κ3) is 4.62. The number of rotatable bonds is 6. The van der Waals surface area contributed by atoms with Gasteiger partial charge < -0.3 is 9.88 Å². The summed E-state index contributed by atoms with van der Waals surface area (Å²) in [6.07, 6.45) is 0.658. The maximum absolute atomic E-state index is 13.7. The van der Waals surface area contributed by atoms with Crippen LogP contribution in [0, 0.1) is 5.82 Å². The van der Waals surface area contributed by atoms with Crippen LogP contribution in [-0.4, -0.2) is 26.4 Å². The molecule has 3 rings (SSSR count). The number of benzene rings is 2. The Morgan fingerprint density at radius 3 is 2.77 bits per heavy atom. The van der Waals surface area contributed by atoms with Gasteiger partial charge in [0.1, 0.15) is 11.6 Å². The molecule has 0 aliphatic rings. The van der Waals surface area contributed by atoms with Crippen molar-refractivity contribution in [2.45, 2.75) is 11.6 Å². The normalized spacial score (nSPS) is 10.7. The Labute approximate surface area is 159 Å². The number of anilines is 1. The minimum absolute atomic E-state index is 0.0610. The van der Waals surface area contributed by atoms with Crippen LogP contribution in [0.5, 0.6) is 0 Å². The molecule has 0 aliphatic carbocycles. The van der Waals surface area contributed by atoms with Crippen molar-refractivity contribution in [2.75, 3.05) is 11.1 Å². The molecule has 1 N–H and O–H groups in total. The minimum atomic E-state index is -0.531. The van der Waals surface area contributed by atoms with E-state index in [0.717, 1.165) is 11.4 Å². The number of hydrogen-bond donors (Lipinski definition) is 1. The second-order valence-electron chi connectivity index (χ2n) is 5.58. The zero-order valence-corrected chi connectivity index (χ0v) is 15.5. The lowest BCUT2D eigenvalue weighted by Gasteiger charge is -2.07. The molecular formula is C18H16ClFN4OS. The summed E-state index contributed by atoms with van der Waals surface area (Å²) < 4.78 is 15.5. The fourth-order valence-electron chi connectivity index (χ4n) is 2.31. The van der Waals surface area contributed by atoms with Crippen LogP contribution >= 0.6 is 23.4 Å². The number of hydrogen-bond acceptors (Lipinski definition) is 4. The van der Waals surface area contributed by atoms with Gasteiger partial charge in [0.2, 0.25) is 5.91 Å². The van der Waals surface area contributed by atoms with Crippen LogP contribution in [0.2, 0.25) is 5.02 Å². The fourth-order valence-corrected chi connectivity index (χ4v) is 3.21. The van der Waals surface area contributed by atoms with Crippen molar-refractivity contribution in [1.29, 1.82) is 0 Å². The van der Waals surface area contributed by atoms with Crippen LogP contribution in [0.15, 0.2) is 53.7 Å². The summed E-state index contributed by atoms with van der Waals surface area (Å²) in [5.41, 5.74) is 1.19. The highest BCUT2D eigenvalue weighted by molar-refractivity contribution is 7.99. The Morgan fingerprint density at radius 2 is 2.00 bits per heavy atom. The second-order valence-corrected chi connectivity index (χ2v) is 6.96. The number of aromatic nitrogens is 3. The standard InChI is InChI=1S/C18H16ClFN4OS/c1-24-16(9-12-5-3-2-4-6-12)22-23-18(24)26-11-17(25)21-15-10-13(19)7-8-14(15)20/h2-8,10H,9,11H2,1H3,(H,21,25). The van der Waals surface area contributed by atoms with E-state index in [1.165, 1.54) is 30.0 Å². The molecule has 134 valence electrons. The summed E-state index contributed by atoms with van der Waals surface area (Å²) in [6.45, 7) is 0. The van der Waals surface area contributed by atoms with Gasteiger partial charge in [0.05, 0.1) is 11.4 Å². The smallest absolute Gasteiger partial charge is 0.234 e. The summed E-state index contributed by atoms with van der Waals surface area (Å²) in [5, 5.41) is 11.8. The van der Waals surface area contributed by atoms with E-state index in [1.807, 2.05) is 41.9 Å². The summed E-state index contributed by atoms with van der Waals surface area (Å²) >= 11 is 7.06. The number of nitrogens with one attached hydrogen (secondary N) is 1. The van der Waals surface area contributed by atoms with Crippen molar-refractivity contribution in [3.63, 3.8) is 0 Å². The molecule has 0 saturated heterocycles. The Hall–Kier alpha value is -2.38. The summed E-state index contributed by atoms with van der Waals surface area (Å²) in [5.74, 6) is 0.0174. The van der Waals surface area contributed by atoms with Crippen LogP contribution in [-0.2, 0) is 18.3 Å². The van der Waals surface area contributed by atoms with Gasteiger partial charge in [-0.05, 0) is 23.8 Å². The van der Waals surface area contributed by atoms with Crippen LogP contribution in [0.4, 0.5) is 10.1 Å². The van der Waals surface area contributed by atoms with E-state index in [0.29, 0.717) is 16.6 Å². The molecule has 8 heteroatoms. The Morgan fingerprint density at radius 1 is 1.23 bits per heavy atom. The number of amides is 1. The molecule has 0 atom stereocenters. The average molecular weight is 391 g/mol. The molecule has 0 bridgehead atoms. The van der Waals surface area contributed by atoms with E-state index in [9.17, 15) is 9.18 Å². The molecule has 1 heterocycles. The Bertz CT molecular complexity index is 917. The van der Waals surface area contributed by atoms with Crippen LogP contribution in [0.25, 0.3) is 0 Å². The number of thioether (sulfide) groups is 1. The van der Waals surface area contributed by atoms with E-state index < -0.39 is 5.82 Å². The quantitative estimate of drug-likeness (QED) is 0.648. The zero-order valence-electron chi connectivity index (χ0n) is 13.9. The topological polar surface area (TPSA) is 59.8 Å². The number of carbonyl (C=O) groups excluding carboxylic acids is 1. The van der Waals surface area contributed by atoms with Crippen molar-refractivity contribution in [1.82, 2.24) is 14.8 Å². The summed E-state index contributed by atoms with van der Waals surface area (Å²) in [6, 6.07) is 14.0. The molecule has 0 unspecified atom stereocenters. The maximum Gasteiger partial charge on any atom is 0.234 e. The van der Waals surface area contributed by atoms with Gasteiger partial charge in [-0.15, -0.1) is 10.2 Å². The SMILES string of the molecule is Cn1c(Cc2ccccc2)nnc1SCC(=O)Nc1cc(Cl)ccc1F. The van der Waals surface area contributed by atoms with Crippen LogP contribution < -0.4 is 5.32 Å². The highest BCUT2D eigenvalue weighted by Gasteiger charge is 2.13. The molecule has 0 aliphatic heterocycles. The highest BCUT2D eigenvalue weighted by Crippen LogP contribution is 2.21. The van der Waals surface area contributed by atoms with E-state index in [-0.39, 0.29) is 17.3 Å². The van der Waals surface area contributed by atoms with Crippen molar-refractivity contribution in [3.05, 3.63) is 70.8 Å². The first-order chi connectivity index (χ1) is 12.5. The van der Waals surface area contributed by atoms with Crippen molar-refractivity contribution < 1.29 is 9.18 Å². The fraction of sp³-hybridized carbons (Fsp3) is 0.167. The van der Waals surface area contributed by atoms with E-state index in [2.05, 4.69) is 15.5 Å². The summed E-state index contributed by atoms with van der Waals surface area (Å²) in [4.78, 5) is 12.1. The number of nitrogens with zero attached hydrogens (tertiary/aromatic N) is 3. The van der Waals surface area contributed by atoms with Gasteiger partial charge in [-0.2, -0.15) is 0 Å². The molecule has 3 aromatic rings. The predicted molar refractivity (Wildman–Crippen MR) is 101 cm³/mol. The minimum Gasteiger partial charge on any atom is -0.323 e. The van der Waals surface area contributed by atoms with Gasteiger partial charge in [0, 0.05) is 18.5 Å². The number of carbonyl (C=O) groups is 1. The third-order valence-corrected chi connectivity index (χ3v) is 4.92. The molecule has 26 heavy (non-hydrogen) atoms. The van der Waals surface area contributed by atoms with E-state index in [4.69, 9.17) is 11.6 Å². The lowest BCUT2D eigenvalue weighted by atomic mass is 10.1. The first kappa shape index (κ1) is 18.4. The molecule has 0 fully saturated rings. The van der Waals surface area contributed by atoms with Gasteiger partial charge in [-0.1, -0.05) is 53.7 Å².